The molecular formula is C16H16ClNO3. The van der Waals surface area contributed by atoms with Gasteiger partial charge in [0.25, 0.3) is 5.91 Å². The highest BCUT2D eigenvalue weighted by Crippen LogP contribution is 2.18. The first-order valence-electron chi connectivity index (χ1n) is 6.50. The van der Waals surface area contributed by atoms with E-state index in [4.69, 9.17) is 21.1 Å². The SMILES string of the molecule is COc1cccc(OCCNC(=O)c2ccccc2Cl)c1. The summed E-state index contributed by atoms with van der Waals surface area (Å²) >= 11 is 5.96. The molecule has 1 N–H and O–H groups in total. The first-order valence-corrected chi connectivity index (χ1v) is 6.88. The van der Waals surface area contributed by atoms with Gasteiger partial charge in [-0.15, -0.1) is 0 Å². The van der Waals surface area contributed by atoms with Crippen LogP contribution >= 0.6 is 11.6 Å². The Morgan fingerprint density at radius 1 is 1.14 bits per heavy atom. The highest BCUT2D eigenvalue weighted by molar-refractivity contribution is 6.33. The van der Waals surface area contributed by atoms with Crippen LogP contribution in [0.2, 0.25) is 5.02 Å². The Hall–Kier alpha value is -2.20. The van der Waals surface area contributed by atoms with Gasteiger partial charge in [-0.3, -0.25) is 4.79 Å². The van der Waals surface area contributed by atoms with Gasteiger partial charge in [0.05, 0.1) is 24.2 Å². The van der Waals surface area contributed by atoms with Gasteiger partial charge in [0.15, 0.2) is 0 Å². The third kappa shape index (κ3) is 4.39. The molecule has 0 aliphatic heterocycles. The molecule has 5 heteroatoms. The van der Waals surface area contributed by atoms with Crippen LogP contribution in [0.25, 0.3) is 0 Å². The Labute approximate surface area is 128 Å². The quantitative estimate of drug-likeness (QED) is 0.834. The number of nitrogens with one attached hydrogen (secondary N) is 1. The zero-order chi connectivity index (χ0) is 15.1. The number of hydrogen-bond donors (Lipinski definition) is 1. The summed E-state index contributed by atoms with van der Waals surface area (Å²) in [4.78, 5) is 11.9. The Morgan fingerprint density at radius 3 is 2.67 bits per heavy atom. The molecular weight excluding hydrogens is 290 g/mol. The van der Waals surface area contributed by atoms with Crippen molar-refractivity contribution in [1.82, 2.24) is 5.32 Å². The molecule has 110 valence electrons. The van der Waals surface area contributed by atoms with Gasteiger partial charge < -0.3 is 14.8 Å². The summed E-state index contributed by atoms with van der Waals surface area (Å²) in [5.74, 6) is 1.21. The smallest absolute Gasteiger partial charge is 0.252 e. The lowest BCUT2D eigenvalue weighted by molar-refractivity contribution is 0.0947. The van der Waals surface area contributed by atoms with Crippen molar-refractivity contribution in [3.63, 3.8) is 0 Å². The Balaban J connectivity index is 1.79. The molecule has 0 fully saturated rings. The van der Waals surface area contributed by atoms with E-state index in [2.05, 4.69) is 5.32 Å². The minimum Gasteiger partial charge on any atom is -0.497 e. The number of carbonyl (C=O) groups is 1. The van der Waals surface area contributed by atoms with Gasteiger partial charge in [0, 0.05) is 6.07 Å². The van der Waals surface area contributed by atoms with E-state index in [0.717, 1.165) is 5.75 Å². The molecule has 0 unspecified atom stereocenters. The van der Waals surface area contributed by atoms with Gasteiger partial charge in [0.1, 0.15) is 18.1 Å². The second-order valence-corrected chi connectivity index (χ2v) is 4.67. The highest BCUT2D eigenvalue weighted by Gasteiger charge is 2.08. The van der Waals surface area contributed by atoms with Crippen LogP contribution in [0.4, 0.5) is 0 Å². The lowest BCUT2D eigenvalue weighted by atomic mass is 10.2. The summed E-state index contributed by atoms with van der Waals surface area (Å²) in [6.07, 6.45) is 0. The second kappa shape index (κ2) is 7.55. The van der Waals surface area contributed by atoms with E-state index in [1.807, 2.05) is 18.2 Å². The fraction of sp³-hybridized carbons (Fsp3) is 0.188. The van der Waals surface area contributed by atoms with Crippen molar-refractivity contribution < 1.29 is 14.3 Å². The Morgan fingerprint density at radius 2 is 1.90 bits per heavy atom. The molecule has 0 aliphatic carbocycles. The van der Waals surface area contributed by atoms with Gasteiger partial charge in [0.2, 0.25) is 0 Å². The van der Waals surface area contributed by atoms with Crippen molar-refractivity contribution in [3.05, 3.63) is 59.1 Å². The molecule has 0 saturated carbocycles. The van der Waals surface area contributed by atoms with Gasteiger partial charge in [-0.05, 0) is 24.3 Å². The van der Waals surface area contributed by atoms with E-state index >= 15 is 0 Å². The minimum atomic E-state index is -0.213. The third-order valence-corrected chi connectivity index (χ3v) is 3.15. The normalized spacial score (nSPS) is 10.0. The molecule has 2 rings (SSSR count). The van der Waals surface area contributed by atoms with E-state index in [-0.39, 0.29) is 5.91 Å². The largest absolute Gasteiger partial charge is 0.497 e. The molecule has 0 heterocycles. The fourth-order valence-corrected chi connectivity index (χ4v) is 1.99. The number of benzene rings is 2. The fourth-order valence-electron chi connectivity index (χ4n) is 1.76. The summed E-state index contributed by atoms with van der Waals surface area (Å²) in [6, 6.07) is 14.2. The van der Waals surface area contributed by atoms with Crippen molar-refractivity contribution in [2.75, 3.05) is 20.3 Å². The summed E-state index contributed by atoms with van der Waals surface area (Å²) in [7, 11) is 1.60. The maximum Gasteiger partial charge on any atom is 0.252 e. The Kier molecular flexibility index (Phi) is 5.46. The lowest BCUT2D eigenvalue weighted by Gasteiger charge is -2.09. The van der Waals surface area contributed by atoms with E-state index in [1.165, 1.54) is 0 Å². The maximum atomic E-state index is 11.9. The number of carbonyl (C=O) groups excluding carboxylic acids is 1. The van der Waals surface area contributed by atoms with E-state index in [1.54, 1.807) is 37.4 Å². The molecule has 0 radical (unpaired) electrons. The summed E-state index contributed by atoms with van der Waals surface area (Å²) in [5, 5.41) is 3.19. The summed E-state index contributed by atoms with van der Waals surface area (Å²) in [5.41, 5.74) is 0.459. The topological polar surface area (TPSA) is 47.6 Å². The highest BCUT2D eigenvalue weighted by atomic mass is 35.5. The van der Waals surface area contributed by atoms with Gasteiger partial charge >= 0.3 is 0 Å². The molecule has 0 aromatic heterocycles. The van der Waals surface area contributed by atoms with Crippen molar-refractivity contribution in [1.29, 1.82) is 0 Å². The maximum absolute atomic E-state index is 11.9. The molecule has 0 spiro atoms. The molecule has 2 aromatic carbocycles. The van der Waals surface area contributed by atoms with Crippen LogP contribution in [0.5, 0.6) is 11.5 Å². The van der Waals surface area contributed by atoms with E-state index in [9.17, 15) is 4.79 Å². The van der Waals surface area contributed by atoms with Crippen LogP contribution in [0.1, 0.15) is 10.4 Å². The molecule has 4 nitrogen and oxygen atoms in total. The first kappa shape index (κ1) is 15.2. The van der Waals surface area contributed by atoms with Crippen LogP contribution in [0, 0.1) is 0 Å². The predicted octanol–water partition coefficient (Wildman–Crippen LogP) is 3.16. The zero-order valence-electron chi connectivity index (χ0n) is 11.6. The predicted molar refractivity (Wildman–Crippen MR) is 82.3 cm³/mol. The molecule has 21 heavy (non-hydrogen) atoms. The number of rotatable bonds is 6. The standard InChI is InChI=1S/C16H16ClNO3/c1-20-12-5-4-6-13(11-12)21-10-9-18-16(19)14-7-2-3-8-15(14)17/h2-8,11H,9-10H2,1H3,(H,18,19). The van der Waals surface area contributed by atoms with Crippen molar-refractivity contribution in [3.8, 4) is 11.5 Å². The molecule has 0 saturated heterocycles. The van der Waals surface area contributed by atoms with Crippen LogP contribution in [0.15, 0.2) is 48.5 Å². The molecule has 0 bridgehead atoms. The average Bonchev–Trinajstić information content (AvgIpc) is 2.52. The molecule has 0 aliphatic rings. The average molecular weight is 306 g/mol. The number of hydrogen-bond acceptors (Lipinski definition) is 3. The van der Waals surface area contributed by atoms with Gasteiger partial charge in [-0.2, -0.15) is 0 Å². The Bertz CT molecular complexity index is 616. The van der Waals surface area contributed by atoms with Crippen molar-refractivity contribution >= 4 is 17.5 Å². The summed E-state index contributed by atoms with van der Waals surface area (Å²) in [6.45, 7) is 0.755. The monoisotopic (exact) mass is 305 g/mol. The lowest BCUT2D eigenvalue weighted by Crippen LogP contribution is -2.28. The van der Waals surface area contributed by atoms with E-state index in [0.29, 0.717) is 29.5 Å². The van der Waals surface area contributed by atoms with Crippen LogP contribution < -0.4 is 14.8 Å². The molecule has 1 amide bonds. The number of methoxy groups -OCH3 is 1. The van der Waals surface area contributed by atoms with Crippen molar-refractivity contribution in [2.24, 2.45) is 0 Å². The molecule has 2 aromatic rings. The molecule has 0 atom stereocenters. The minimum absolute atomic E-state index is 0.213. The summed E-state index contributed by atoms with van der Waals surface area (Å²) < 4.78 is 10.6. The number of ether oxygens (including phenoxy) is 2. The van der Waals surface area contributed by atoms with Crippen LogP contribution in [-0.4, -0.2) is 26.2 Å². The van der Waals surface area contributed by atoms with Gasteiger partial charge in [-0.1, -0.05) is 29.8 Å². The number of halogens is 1. The van der Waals surface area contributed by atoms with Crippen LogP contribution in [0.3, 0.4) is 0 Å². The van der Waals surface area contributed by atoms with Crippen molar-refractivity contribution in [2.45, 2.75) is 0 Å². The zero-order valence-corrected chi connectivity index (χ0v) is 12.4. The van der Waals surface area contributed by atoms with Gasteiger partial charge in [-0.25, -0.2) is 0 Å². The number of amides is 1. The van der Waals surface area contributed by atoms with Crippen LogP contribution in [-0.2, 0) is 0 Å². The first-order chi connectivity index (χ1) is 10.2. The second-order valence-electron chi connectivity index (χ2n) is 4.26. The third-order valence-electron chi connectivity index (χ3n) is 2.82. The van der Waals surface area contributed by atoms with E-state index < -0.39 is 0 Å².